The fourth-order valence-electron chi connectivity index (χ4n) is 4.37. The molecule has 2 aromatic carbocycles. The number of ether oxygens (including phenoxy) is 3. The van der Waals surface area contributed by atoms with Crippen molar-refractivity contribution in [1.29, 1.82) is 5.26 Å². The van der Waals surface area contributed by atoms with Gasteiger partial charge in [-0.25, -0.2) is 4.98 Å². The summed E-state index contributed by atoms with van der Waals surface area (Å²) in [6, 6.07) is 20.4. The monoisotopic (exact) mass is 467 g/mol. The fourth-order valence-corrected chi connectivity index (χ4v) is 4.37. The highest BCUT2D eigenvalue weighted by Gasteiger charge is 2.18. The number of H-pyrrole nitrogens is 1. The van der Waals surface area contributed by atoms with E-state index < -0.39 is 0 Å². The van der Waals surface area contributed by atoms with Gasteiger partial charge in [-0.1, -0.05) is 18.2 Å². The molecule has 1 aliphatic heterocycles. The predicted octanol–water partition coefficient (Wildman–Crippen LogP) is 6.50. The Balaban J connectivity index is 1.48. The van der Waals surface area contributed by atoms with Gasteiger partial charge >= 0.3 is 0 Å². The van der Waals surface area contributed by atoms with Gasteiger partial charge in [0.1, 0.15) is 23.5 Å². The standard InChI is InChI=1S/C29H29N3O3/c1-29(2,3)35-28-16-20(9-12-31-28)26-17-24-23(5-4-6-25(24)32-26)19-7-8-27(21(15-19)18-30)34-22-10-13-33-14-11-22/h4-9,12,15-17,22,32H,10-11,13-14H2,1-3H3. The summed E-state index contributed by atoms with van der Waals surface area (Å²) in [4.78, 5) is 7.87. The van der Waals surface area contributed by atoms with Gasteiger partial charge in [-0.05, 0) is 62.2 Å². The smallest absolute Gasteiger partial charge is 0.214 e. The van der Waals surface area contributed by atoms with E-state index in [4.69, 9.17) is 14.2 Å². The van der Waals surface area contributed by atoms with Crippen LogP contribution in [0.15, 0.2) is 60.8 Å². The minimum Gasteiger partial charge on any atom is -0.489 e. The van der Waals surface area contributed by atoms with Crippen molar-refractivity contribution in [3.63, 3.8) is 0 Å². The number of rotatable bonds is 5. The summed E-state index contributed by atoms with van der Waals surface area (Å²) >= 11 is 0. The molecule has 0 saturated carbocycles. The number of pyridine rings is 1. The van der Waals surface area contributed by atoms with Crippen molar-refractivity contribution in [3.05, 3.63) is 66.4 Å². The number of hydrogen-bond donors (Lipinski definition) is 1. The van der Waals surface area contributed by atoms with Crippen LogP contribution in [0.2, 0.25) is 0 Å². The first-order valence-corrected chi connectivity index (χ1v) is 12.0. The molecule has 1 fully saturated rings. The van der Waals surface area contributed by atoms with E-state index in [1.54, 1.807) is 6.20 Å². The Morgan fingerprint density at radius 2 is 1.86 bits per heavy atom. The molecule has 0 spiro atoms. The number of hydrogen-bond acceptors (Lipinski definition) is 5. The first-order chi connectivity index (χ1) is 16.9. The number of aromatic amines is 1. The minimum atomic E-state index is -0.321. The minimum absolute atomic E-state index is 0.0879. The van der Waals surface area contributed by atoms with Crippen LogP contribution in [0.25, 0.3) is 33.3 Å². The third-order valence-corrected chi connectivity index (χ3v) is 5.99. The van der Waals surface area contributed by atoms with E-state index in [0.717, 1.165) is 46.1 Å². The molecule has 6 nitrogen and oxygen atoms in total. The van der Waals surface area contributed by atoms with Gasteiger partial charge in [0.2, 0.25) is 5.88 Å². The first kappa shape index (κ1) is 22.9. The molecule has 1 N–H and O–H groups in total. The molecule has 0 radical (unpaired) electrons. The third kappa shape index (κ3) is 5.16. The molecule has 0 atom stereocenters. The van der Waals surface area contributed by atoms with Crippen molar-refractivity contribution in [2.24, 2.45) is 0 Å². The van der Waals surface area contributed by atoms with E-state index in [0.29, 0.717) is 30.4 Å². The molecule has 5 rings (SSSR count). The molecule has 178 valence electrons. The topological polar surface area (TPSA) is 80.2 Å². The molecule has 0 unspecified atom stereocenters. The van der Waals surface area contributed by atoms with Crippen LogP contribution >= 0.6 is 0 Å². The summed E-state index contributed by atoms with van der Waals surface area (Å²) in [5.74, 6) is 1.22. The summed E-state index contributed by atoms with van der Waals surface area (Å²) in [7, 11) is 0. The summed E-state index contributed by atoms with van der Waals surface area (Å²) in [5.41, 5.74) is 5.25. The SMILES string of the molecule is CC(C)(C)Oc1cc(-c2cc3c(-c4ccc(OC5CCOCC5)c(C#N)c4)cccc3[nH]2)ccn1. The van der Waals surface area contributed by atoms with Crippen molar-refractivity contribution < 1.29 is 14.2 Å². The maximum atomic E-state index is 9.81. The van der Waals surface area contributed by atoms with Crippen LogP contribution in [-0.4, -0.2) is 34.9 Å². The summed E-state index contributed by atoms with van der Waals surface area (Å²) in [5, 5.41) is 10.9. The third-order valence-electron chi connectivity index (χ3n) is 5.99. The summed E-state index contributed by atoms with van der Waals surface area (Å²) in [6.07, 6.45) is 3.54. The highest BCUT2D eigenvalue weighted by atomic mass is 16.5. The van der Waals surface area contributed by atoms with E-state index in [2.05, 4.69) is 34.2 Å². The Kier molecular flexibility index (Phi) is 6.19. The zero-order valence-corrected chi connectivity index (χ0v) is 20.3. The lowest BCUT2D eigenvalue weighted by Crippen LogP contribution is -2.26. The second-order valence-electron chi connectivity index (χ2n) is 9.80. The van der Waals surface area contributed by atoms with Crippen LogP contribution in [0, 0.1) is 11.3 Å². The van der Waals surface area contributed by atoms with Crippen molar-refractivity contribution >= 4 is 10.9 Å². The van der Waals surface area contributed by atoms with Gasteiger partial charge in [0.15, 0.2) is 0 Å². The second-order valence-corrected chi connectivity index (χ2v) is 9.80. The molecule has 0 bridgehead atoms. The maximum absolute atomic E-state index is 9.81. The van der Waals surface area contributed by atoms with Gasteiger partial charge in [-0.15, -0.1) is 0 Å². The Morgan fingerprint density at radius 3 is 2.63 bits per heavy atom. The number of fused-ring (bicyclic) bond motifs is 1. The number of benzene rings is 2. The number of nitriles is 1. The van der Waals surface area contributed by atoms with E-state index in [1.165, 1.54) is 0 Å². The zero-order valence-electron chi connectivity index (χ0n) is 20.3. The van der Waals surface area contributed by atoms with E-state index in [1.807, 2.05) is 57.2 Å². The highest BCUT2D eigenvalue weighted by Crippen LogP contribution is 2.35. The molecular weight excluding hydrogens is 438 g/mol. The van der Waals surface area contributed by atoms with Gasteiger partial charge in [-0.2, -0.15) is 5.26 Å². The van der Waals surface area contributed by atoms with Crippen LogP contribution in [0.1, 0.15) is 39.2 Å². The molecule has 2 aromatic heterocycles. The molecule has 0 amide bonds. The average molecular weight is 468 g/mol. The molecule has 1 saturated heterocycles. The maximum Gasteiger partial charge on any atom is 0.214 e. The second kappa shape index (κ2) is 9.44. The van der Waals surface area contributed by atoms with Crippen LogP contribution in [0.3, 0.4) is 0 Å². The van der Waals surface area contributed by atoms with Crippen LogP contribution in [0.4, 0.5) is 0 Å². The molecule has 0 aliphatic carbocycles. The zero-order chi connectivity index (χ0) is 24.4. The molecule has 35 heavy (non-hydrogen) atoms. The Hall–Kier alpha value is -3.82. The van der Waals surface area contributed by atoms with Crippen molar-refractivity contribution in [2.45, 2.75) is 45.3 Å². The lowest BCUT2D eigenvalue weighted by molar-refractivity contribution is 0.0254. The summed E-state index contributed by atoms with van der Waals surface area (Å²) in [6.45, 7) is 7.41. The van der Waals surface area contributed by atoms with E-state index in [-0.39, 0.29) is 11.7 Å². The predicted molar refractivity (Wildman–Crippen MR) is 137 cm³/mol. The van der Waals surface area contributed by atoms with Gasteiger partial charge in [0.25, 0.3) is 0 Å². The van der Waals surface area contributed by atoms with Crippen molar-refractivity contribution in [3.8, 4) is 40.1 Å². The number of nitrogens with zero attached hydrogens (tertiary/aromatic N) is 2. The first-order valence-electron chi connectivity index (χ1n) is 12.0. The largest absolute Gasteiger partial charge is 0.489 e. The number of aromatic nitrogens is 2. The van der Waals surface area contributed by atoms with Crippen LogP contribution in [0.5, 0.6) is 11.6 Å². The normalized spacial score (nSPS) is 14.6. The van der Waals surface area contributed by atoms with E-state index >= 15 is 0 Å². The van der Waals surface area contributed by atoms with E-state index in [9.17, 15) is 5.26 Å². The quantitative estimate of drug-likeness (QED) is 0.362. The van der Waals surface area contributed by atoms with Crippen LogP contribution < -0.4 is 9.47 Å². The Morgan fingerprint density at radius 1 is 1.03 bits per heavy atom. The molecule has 6 heteroatoms. The van der Waals surface area contributed by atoms with Crippen molar-refractivity contribution in [2.75, 3.05) is 13.2 Å². The van der Waals surface area contributed by atoms with Crippen molar-refractivity contribution in [1.82, 2.24) is 9.97 Å². The van der Waals surface area contributed by atoms with Gasteiger partial charge in [0.05, 0.1) is 18.8 Å². The fraction of sp³-hybridized carbons (Fsp3) is 0.310. The summed E-state index contributed by atoms with van der Waals surface area (Å²) < 4.78 is 17.5. The number of nitrogens with one attached hydrogen (secondary N) is 1. The van der Waals surface area contributed by atoms with Gasteiger partial charge < -0.3 is 19.2 Å². The molecular formula is C29H29N3O3. The molecule has 1 aliphatic rings. The highest BCUT2D eigenvalue weighted by molar-refractivity contribution is 5.98. The van der Waals surface area contributed by atoms with Gasteiger partial charge in [0, 0.05) is 47.3 Å². The lowest BCUT2D eigenvalue weighted by atomic mass is 9.99. The molecule has 3 heterocycles. The Bertz CT molecular complexity index is 1390. The van der Waals surface area contributed by atoms with Crippen LogP contribution in [-0.2, 0) is 4.74 Å². The Labute approximate surface area is 205 Å². The average Bonchev–Trinajstić information content (AvgIpc) is 3.29. The van der Waals surface area contributed by atoms with Gasteiger partial charge in [-0.3, -0.25) is 0 Å². The molecule has 4 aromatic rings. The lowest BCUT2D eigenvalue weighted by Gasteiger charge is -2.24.